The van der Waals surface area contributed by atoms with Gasteiger partial charge in [-0.15, -0.1) is 0 Å². The molecule has 0 aromatic heterocycles. The Labute approximate surface area is 131 Å². The van der Waals surface area contributed by atoms with E-state index in [1.807, 2.05) is 6.92 Å². The van der Waals surface area contributed by atoms with Crippen LogP contribution in [0.4, 0.5) is 4.39 Å². The molecule has 1 aromatic rings. The Morgan fingerprint density at radius 1 is 1.38 bits per heavy atom. The summed E-state index contributed by atoms with van der Waals surface area (Å²) >= 11 is 2.98. The van der Waals surface area contributed by atoms with Gasteiger partial charge in [-0.2, -0.15) is 0 Å². The molecule has 0 heterocycles. The fraction of sp³-hybridized carbons (Fsp3) is 0.462. The monoisotopic (exact) mass is 382 g/mol. The first-order chi connectivity index (χ1) is 9.79. The van der Waals surface area contributed by atoms with Crippen LogP contribution in [0.3, 0.4) is 0 Å². The predicted molar refractivity (Wildman–Crippen MR) is 78.8 cm³/mol. The highest BCUT2D eigenvalue weighted by molar-refractivity contribution is 9.10. The Morgan fingerprint density at radius 3 is 2.62 bits per heavy atom. The highest BCUT2D eigenvalue weighted by atomic mass is 79.9. The van der Waals surface area contributed by atoms with Crippen molar-refractivity contribution in [1.82, 2.24) is 0 Å². The van der Waals surface area contributed by atoms with Crippen molar-refractivity contribution in [2.24, 2.45) is 0 Å². The Hall–Kier alpha value is -0.990. The van der Waals surface area contributed by atoms with Gasteiger partial charge in [-0.1, -0.05) is 29.3 Å². The van der Waals surface area contributed by atoms with Crippen LogP contribution in [0.15, 0.2) is 21.5 Å². The van der Waals surface area contributed by atoms with Gasteiger partial charge in [0.25, 0.3) is 0 Å². The molecule has 0 fully saturated rings. The number of sulfone groups is 1. The third-order valence-electron chi connectivity index (χ3n) is 2.71. The van der Waals surface area contributed by atoms with Crippen molar-refractivity contribution in [3.8, 4) is 0 Å². The number of rotatable bonds is 8. The van der Waals surface area contributed by atoms with Crippen LogP contribution < -0.4 is 0 Å². The van der Waals surface area contributed by atoms with E-state index in [-0.39, 0.29) is 11.1 Å². The second kappa shape index (κ2) is 7.86. The maximum atomic E-state index is 14.0. The van der Waals surface area contributed by atoms with Gasteiger partial charge in [-0.05, 0) is 18.6 Å². The van der Waals surface area contributed by atoms with E-state index in [1.54, 1.807) is 0 Å². The molecule has 0 unspecified atom stereocenters. The zero-order valence-electron chi connectivity index (χ0n) is 11.4. The summed E-state index contributed by atoms with van der Waals surface area (Å²) in [4.78, 5) is 10.3. The van der Waals surface area contributed by atoms with Gasteiger partial charge in [0.15, 0.2) is 15.7 Å². The molecule has 1 rings (SSSR count). The summed E-state index contributed by atoms with van der Waals surface area (Å²) in [5.41, 5.74) is -0.685. The van der Waals surface area contributed by atoms with E-state index >= 15 is 0 Å². The largest absolute Gasteiger partial charge is 0.478 e. The molecule has 0 atom stereocenters. The third-order valence-corrected chi connectivity index (χ3v) is 4.84. The normalized spacial score (nSPS) is 11.6. The lowest BCUT2D eigenvalue weighted by Crippen LogP contribution is -2.16. The number of carboxylic acids is 1. The minimum atomic E-state index is -3.95. The van der Waals surface area contributed by atoms with Gasteiger partial charge < -0.3 is 9.84 Å². The molecule has 0 spiro atoms. The number of halogens is 2. The zero-order chi connectivity index (χ0) is 16.0. The fourth-order valence-corrected chi connectivity index (χ4v) is 3.43. The van der Waals surface area contributed by atoms with Crippen LogP contribution in [0, 0.1) is 5.82 Å². The second-order valence-corrected chi connectivity index (χ2v) is 7.35. The lowest BCUT2D eigenvalue weighted by molar-refractivity contribution is 0.0691. The maximum Gasteiger partial charge on any atom is 0.338 e. The summed E-state index contributed by atoms with van der Waals surface area (Å²) in [5, 5.41) is 8.87. The van der Waals surface area contributed by atoms with Gasteiger partial charge in [0.05, 0.1) is 17.9 Å². The van der Waals surface area contributed by atoms with Gasteiger partial charge in [0.1, 0.15) is 4.90 Å². The van der Waals surface area contributed by atoms with Gasteiger partial charge in [-0.25, -0.2) is 17.6 Å². The highest BCUT2D eigenvalue weighted by Gasteiger charge is 2.24. The third kappa shape index (κ3) is 5.05. The number of carbonyl (C=O) groups is 1. The van der Waals surface area contributed by atoms with Crippen molar-refractivity contribution in [3.63, 3.8) is 0 Å². The van der Waals surface area contributed by atoms with Crippen molar-refractivity contribution < 1.29 is 27.4 Å². The van der Waals surface area contributed by atoms with E-state index < -0.39 is 37.8 Å². The van der Waals surface area contributed by atoms with Gasteiger partial charge >= 0.3 is 5.97 Å². The molecule has 0 bridgehead atoms. The molecular formula is C13H16BrFO5S. The molecule has 5 nitrogen and oxygen atoms in total. The van der Waals surface area contributed by atoms with Crippen LogP contribution in [-0.4, -0.2) is 38.5 Å². The van der Waals surface area contributed by atoms with Crippen LogP contribution in [-0.2, 0) is 14.6 Å². The Balaban J connectivity index is 2.95. The Kier molecular flexibility index (Phi) is 6.76. The quantitative estimate of drug-likeness (QED) is 0.699. The molecule has 0 aliphatic heterocycles. The first-order valence-electron chi connectivity index (χ1n) is 6.32. The summed E-state index contributed by atoms with van der Waals surface area (Å²) < 4.78 is 43.5. The Morgan fingerprint density at radius 2 is 2.05 bits per heavy atom. The maximum absolute atomic E-state index is 14.0. The fourth-order valence-electron chi connectivity index (χ4n) is 1.57. The molecule has 0 saturated heterocycles. The van der Waals surface area contributed by atoms with Crippen molar-refractivity contribution in [1.29, 1.82) is 0 Å². The smallest absolute Gasteiger partial charge is 0.338 e. The van der Waals surface area contributed by atoms with Crippen LogP contribution in [0.1, 0.15) is 30.1 Å². The Bertz CT molecular complexity index is 615. The molecule has 118 valence electrons. The topological polar surface area (TPSA) is 80.7 Å². The summed E-state index contributed by atoms with van der Waals surface area (Å²) in [6, 6.07) is 2.08. The van der Waals surface area contributed by atoms with Gasteiger partial charge in [-0.3, -0.25) is 0 Å². The first kappa shape index (κ1) is 18.1. The molecule has 0 saturated carbocycles. The van der Waals surface area contributed by atoms with Crippen LogP contribution in [0.2, 0.25) is 0 Å². The summed E-state index contributed by atoms with van der Waals surface area (Å²) in [6.07, 6.45) is 1.74. The number of aromatic carboxylic acids is 1. The lowest BCUT2D eigenvalue weighted by atomic mass is 10.2. The predicted octanol–water partition coefficient (Wildman–Crippen LogP) is 2.88. The average molecular weight is 383 g/mol. The highest BCUT2D eigenvalue weighted by Crippen LogP contribution is 2.25. The van der Waals surface area contributed by atoms with Crippen molar-refractivity contribution in [2.45, 2.75) is 24.7 Å². The molecule has 1 aromatic carbocycles. The van der Waals surface area contributed by atoms with Gasteiger partial charge in [0.2, 0.25) is 0 Å². The zero-order valence-corrected chi connectivity index (χ0v) is 13.8. The number of hydrogen-bond donors (Lipinski definition) is 1. The summed E-state index contributed by atoms with van der Waals surface area (Å²) in [5.74, 6) is -3.17. The number of benzene rings is 1. The molecule has 8 heteroatoms. The molecule has 1 N–H and O–H groups in total. The average Bonchev–Trinajstić information content (AvgIpc) is 2.40. The molecule has 21 heavy (non-hydrogen) atoms. The summed E-state index contributed by atoms with van der Waals surface area (Å²) in [7, 11) is -3.95. The second-order valence-electron chi connectivity index (χ2n) is 4.36. The van der Waals surface area contributed by atoms with Crippen LogP contribution in [0.5, 0.6) is 0 Å². The van der Waals surface area contributed by atoms with E-state index in [4.69, 9.17) is 9.84 Å². The van der Waals surface area contributed by atoms with Crippen LogP contribution >= 0.6 is 15.9 Å². The van der Waals surface area contributed by atoms with E-state index in [9.17, 15) is 17.6 Å². The molecular weight excluding hydrogens is 367 g/mol. The minimum Gasteiger partial charge on any atom is -0.478 e. The van der Waals surface area contributed by atoms with Crippen molar-refractivity contribution in [3.05, 3.63) is 28.0 Å². The molecule has 0 aliphatic carbocycles. The summed E-state index contributed by atoms with van der Waals surface area (Å²) in [6.45, 7) is 2.36. The van der Waals surface area contributed by atoms with Crippen LogP contribution in [0.25, 0.3) is 0 Å². The standard InChI is InChI=1S/C13H16BrFO5S/c1-2-3-4-20-5-6-21(18,19)11-8-9(14)7-10(12(11)15)13(16)17/h7-8H,2-6H2,1H3,(H,16,17). The van der Waals surface area contributed by atoms with E-state index in [2.05, 4.69) is 15.9 Å². The number of unbranched alkanes of at least 4 members (excludes halogenated alkanes) is 1. The van der Waals surface area contributed by atoms with E-state index in [1.165, 1.54) is 0 Å². The molecule has 0 amide bonds. The minimum absolute atomic E-state index is 0.0588. The van der Waals surface area contributed by atoms with Crippen molar-refractivity contribution >= 4 is 31.7 Å². The molecule has 0 radical (unpaired) electrons. The number of hydrogen-bond acceptors (Lipinski definition) is 4. The molecule has 0 aliphatic rings. The SMILES string of the molecule is CCCCOCCS(=O)(=O)c1cc(Br)cc(C(=O)O)c1F. The van der Waals surface area contributed by atoms with E-state index in [0.717, 1.165) is 25.0 Å². The van der Waals surface area contributed by atoms with E-state index in [0.29, 0.717) is 6.61 Å². The number of carboxylic acid groups (broad SMARTS) is 1. The number of ether oxygens (including phenoxy) is 1. The van der Waals surface area contributed by atoms with Crippen molar-refractivity contribution in [2.75, 3.05) is 19.0 Å². The first-order valence-corrected chi connectivity index (χ1v) is 8.77. The lowest BCUT2D eigenvalue weighted by Gasteiger charge is -2.09. The van der Waals surface area contributed by atoms with Gasteiger partial charge in [0, 0.05) is 11.1 Å².